The molecule has 0 radical (unpaired) electrons. The Morgan fingerprint density at radius 3 is 2.21 bits per heavy atom. The predicted molar refractivity (Wildman–Crippen MR) is 142 cm³/mol. The van der Waals surface area contributed by atoms with Crippen molar-refractivity contribution < 1.29 is 22.4 Å². The molecule has 204 valence electrons. The highest BCUT2D eigenvalue weighted by atomic mass is 32.2. The Kier molecular flexibility index (Phi) is 8.49. The standard InChI is InChI=1S/C27H35N5O5S/c1-19-14-23(36-5)15-20(2)25(19)38(34,35)31(4)18-24-28-29-26(37-24)27(33)30(3)16-21-8-10-22(11-9-21)17-32-12-6-7-13-32/h8-11,14-15H,6-7,12-13,16-18H2,1-5H3. The lowest BCUT2D eigenvalue weighted by Crippen LogP contribution is -2.28. The molecule has 0 atom stereocenters. The highest BCUT2D eigenvalue weighted by Crippen LogP contribution is 2.28. The predicted octanol–water partition coefficient (Wildman–Crippen LogP) is 3.38. The highest BCUT2D eigenvalue weighted by Gasteiger charge is 2.28. The van der Waals surface area contributed by atoms with Gasteiger partial charge in [-0.15, -0.1) is 10.2 Å². The van der Waals surface area contributed by atoms with E-state index in [0.29, 0.717) is 23.4 Å². The molecule has 1 amide bonds. The van der Waals surface area contributed by atoms with Gasteiger partial charge in [0.25, 0.3) is 0 Å². The molecule has 0 bridgehead atoms. The van der Waals surface area contributed by atoms with Crippen LogP contribution in [-0.2, 0) is 29.7 Å². The Morgan fingerprint density at radius 1 is 1.00 bits per heavy atom. The molecule has 2 aromatic carbocycles. The molecule has 1 aliphatic rings. The molecule has 1 saturated heterocycles. The van der Waals surface area contributed by atoms with Gasteiger partial charge in [0.15, 0.2) is 0 Å². The average Bonchev–Trinajstić information content (AvgIpc) is 3.56. The number of carbonyl (C=O) groups excluding carboxylic acids is 1. The van der Waals surface area contributed by atoms with Crippen LogP contribution in [0.15, 0.2) is 45.7 Å². The summed E-state index contributed by atoms with van der Waals surface area (Å²) in [5.74, 6) is -0.000262. The summed E-state index contributed by atoms with van der Waals surface area (Å²) < 4.78 is 38.4. The molecule has 0 unspecified atom stereocenters. The van der Waals surface area contributed by atoms with E-state index in [1.165, 1.54) is 37.5 Å². The molecule has 10 nitrogen and oxygen atoms in total. The van der Waals surface area contributed by atoms with Crippen LogP contribution in [0.2, 0.25) is 0 Å². The molecule has 0 aliphatic carbocycles. The number of aryl methyl sites for hydroxylation is 2. The average molecular weight is 542 g/mol. The van der Waals surface area contributed by atoms with Gasteiger partial charge in [0.05, 0.1) is 18.6 Å². The van der Waals surface area contributed by atoms with Crippen LogP contribution in [0.25, 0.3) is 0 Å². The zero-order valence-electron chi connectivity index (χ0n) is 22.6. The van der Waals surface area contributed by atoms with Gasteiger partial charge in [0, 0.05) is 27.2 Å². The van der Waals surface area contributed by atoms with Gasteiger partial charge in [-0.1, -0.05) is 24.3 Å². The topological polar surface area (TPSA) is 109 Å². The molecule has 0 saturated carbocycles. The van der Waals surface area contributed by atoms with E-state index in [2.05, 4.69) is 27.2 Å². The van der Waals surface area contributed by atoms with Crippen LogP contribution < -0.4 is 4.74 Å². The second-order valence-electron chi connectivity index (χ2n) is 9.81. The number of ether oxygens (including phenoxy) is 1. The van der Waals surface area contributed by atoms with Crippen LogP contribution in [0.4, 0.5) is 0 Å². The fourth-order valence-corrected chi connectivity index (χ4v) is 6.25. The van der Waals surface area contributed by atoms with Crippen LogP contribution in [0.1, 0.15) is 51.7 Å². The summed E-state index contributed by atoms with van der Waals surface area (Å²) in [6, 6.07) is 11.6. The summed E-state index contributed by atoms with van der Waals surface area (Å²) in [6.45, 7) is 6.89. The minimum Gasteiger partial charge on any atom is -0.497 e. The number of rotatable bonds is 10. The van der Waals surface area contributed by atoms with Gasteiger partial charge in [-0.2, -0.15) is 4.31 Å². The number of likely N-dealkylation sites (tertiary alicyclic amines) is 1. The minimum atomic E-state index is -3.85. The van der Waals surface area contributed by atoms with Crippen molar-refractivity contribution in [1.29, 1.82) is 0 Å². The first-order valence-corrected chi connectivity index (χ1v) is 14.0. The number of hydrogen-bond acceptors (Lipinski definition) is 8. The number of carbonyl (C=O) groups is 1. The first-order valence-electron chi connectivity index (χ1n) is 12.6. The van der Waals surface area contributed by atoms with Crippen molar-refractivity contribution >= 4 is 15.9 Å². The van der Waals surface area contributed by atoms with E-state index in [1.807, 2.05) is 12.1 Å². The second-order valence-corrected chi connectivity index (χ2v) is 11.8. The molecule has 1 aliphatic heterocycles. The van der Waals surface area contributed by atoms with E-state index in [1.54, 1.807) is 33.0 Å². The minimum absolute atomic E-state index is 0.0305. The number of methoxy groups -OCH3 is 1. The third kappa shape index (κ3) is 6.23. The highest BCUT2D eigenvalue weighted by molar-refractivity contribution is 7.89. The molecule has 0 spiro atoms. The second kappa shape index (κ2) is 11.6. The lowest BCUT2D eigenvalue weighted by atomic mass is 10.1. The Bertz CT molecular complexity index is 1360. The maximum atomic E-state index is 13.3. The Labute approximate surface area is 224 Å². The maximum absolute atomic E-state index is 13.3. The fourth-order valence-electron chi connectivity index (χ4n) is 4.73. The lowest BCUT2D eigenvalue weighted by Gasteiger charge is -2.19. The maximum Gasteiger partial charge on any atom is 0.311 e. The van der Waals surface area contributed by atoms with E-state index in [9.17, 15) is 13.2 Å². The molecule has 4 rings (SSSR count). The van der Waals surface area contributed by atoms with E-state index >= 15 is 0 Å². The van der Waals surface area contributed by atoms with E-state index in [4.69, 9.17) is 9.15 Å². The van der Waals surface area contributed by atoms with Crippen molar-refractivity contribution in [2.75, 3.05) is 34.3 Å². The first-order chi connectivity index (χ1) is 18.1. The number of nitrogens with zero attached hydrogens (tertiary/aromatic N) is 5. The van der Waals surface area contributed by atoms with Gasteiger partial charge in [-0.3, -0.25) is 9.69 Å². The zero-order valence-corrected chi connectivity index (χ0v) is 23.4. The molecular weight excluding hydrogens is 506 g/mol. The largest absolute Gasteiger partial charge is 0.497 e. The van der Waals surface area contributed by atoms with Crippen LogP contribution in [-0.4, -0.2) is 72.9 Å². The lowest BCUT2D eigenvalue weighted by molar-refractivity contribution is 0.0743. The SMILES string of the molecule is COc1cc(C)c(S(=O)(=O)N(C)Cc2nnc(C(=O)N(C)Cc3ccc(CN4CCCC4)cc3)o2)c(C)c1. The van der Waals surface area contributed by atoms with Crippen molar-refractivity contribution in [2.45, 2.75) is 51.2 Å². The van der Waals surface area contributed by atoms with Crippen molar-refractivity contribution in [3.05, 3.63) is 70.4 Å². The molecule has 38 heavy (non-hydrogen) atoms. The molecular formula is C27H35N5O5S. The van der Waals surface area contributed by atoms with Gasteiger partial charge < -0.3 is 14.1 Å². The smallest absolute Gasteiger partial charge is 0.311 e. The van der Waals surface area contributed by atoms with Crippen LogP contribution in [0.3, 0.4) is 0 Å². The van der Waals surface area contributed by atoms with Gasteiger partial charge in [-0.25, -0.2) is 8.42 Å². The molecule has 3 aromatic rings. The fraction of sp³-hybridized carbons (Fsp3) is 0.444. The third-order valence-electron chi connectivity index (χ3n) is 6.74. The van der Waals surface area contributed by atoms with Gasteiger partial charge in [-0.05, 0) is 74.2 Å². The summed E-state index contributed by atoms with van der Waals surface area (Å²) >= 11 is 0. The number of sulfonamides is 1. The monoisotopic (exact) mass is 541 g/mol. The van der Waals surface area contributed by atoms with Gasteiger partial charge >= 0.3 is 11.8 Å². The van der Waals surface area contributed by atoms with E-state index in [-0.39, 0.29) is 23.2 Å². The van der Waals surface area contributed by atoms with Crippen molar-refractivity contribution in [3.63, 3.8) is 0 Å². The molecule has 2 heterocycles. The summed E-state index contributed by atoms with van der Waals surface area (Å²) in [6.07, 6.45) is 2.52. The van der Waals surface area contributed by atoms with Crippen molar-refractivity contribution in [2.24, 2.45) is 0 Å². The number of amides is 1. The van der Waals surface area contributed by atoms with Gasteiger partial charge in [0.1, 0.15) is 5.75 Å². The zero-order chi connectivity index (χ0) is 27.4. The number of aromatic nitrogens is 2. The van der Waals surface area contributed by atoms with Crippen molar-refractivity contribution in [1.82, 2.24) is 24.3 Å². The van der Waals surface area contributed by atoms with Gasteiger partial charge in [0.2, 0.25) is 15.9 Å². The number of benzene rings is 2. The number of hydrogen-bond donors (Lipinski definition) is 0. The summed E-state index contributed by atoms with van der Waals surface area (Å²) in [5, 5.41) is 7.78. The normalized spacial score (nSPS) is 14.3. The Balaban J connectivity index is 1.38. The van der Waals surface area contributed by atoms with Crippen LogP contribution in [0, 0.1) is 13.8 Å². The Hall–Kier alpha value is -3.28. The van der Waals surface area contributed by atoms with E-state index < -0.39 is 15.9 Å². The quantitative estimate of drug-likeness (QED) is 0.384. The summed E-state index contributed by atoms with van der Waals surface area (Å²) in [5.41, 5.74) is 3.38. The first kappa shape index (κ1) is 27.7. The Morgan fingerprint density at radius 2 is 1.61 bits per heavy atom. The van der Waals surface area contributed by atoms with E-state index in [0.717, 1.165) is 29.5 Å². The molecule has 1 aromatic heterocycles. The third-order valence-corrected chi connectivity index (χ3v) is 8.85. The van der Waals surface area contributed by atoms with Crippen molar-refractivity contribution in [3.8, 4) is 5.75 Å². The van der Waals surface area contributed by atoms with Crippen LogP contribution >= 0.6 is 0 Å². The molecule has 0 N–H and O–H groups in total. The van der Waals surface area contributed by atoms with Crippen LogP contribution in [0.5, 0.6) is 5.75 Å². The molecule has 11 heteroatoms. The summed E-state index contributed by atoms with van der Waals surface area (Å²) in [4.78, 5) is 17.0. The molecule has 1 fully saturated rings. The summed E-state index contributed by atoms with van der Waals surface area (Å²) in [7, 11) is 0.780.